The molecule has 80 valence electrons. The van der Waals surface area contributed by atoms with Gasteiger partial charge < -0.3 is 15.5 Å². The fourth-order valence-corrected chi connectivity index (χ4v) is 1.20. The molecule has 0 aliphatic heterocycles. The van der Waals surface area contributed by atoms with Crippen LogP contribution in [0.1, 0.15) is 27.6 Å². The van der Waals surface area contributed by atoms with E-state index in [1.807, 2.05) is 0 Å². The molecule has 0 saturated carbocycles. The molecule has 0 atom stereocenters. The standard InChI is InChI=1S/C10H11NO4/c1-2-11-8-5-6(9(12)13)3-4-7(8)10(14)15/h3-5,11H,2H2,1H3,(H,12,13)(H,14,15). The highest BCUT2D eigenvalue weighted by molar-refractivity contribution is 5.97. The Kier molecular flexibility index (Phi) is 3.28. The van der Waals surface area contributed by atoms with Gasteiger partial charge in [0, 0.05) is 12.2 Å². The van der Waals surface area contributed by atoms with Crippen LogP contribution < -0.4 is 5.32 Å². The van der Waals surface area contributed by atoms with Gasteiger partial charge in [0.1, 0.15) is 0 Å². The molecular weight excluding hydrogens is 198 g/mol. The van der Waals surface area contributed by atoms with Crippen molar-refractivity contribution in [2.75, 3.05) is 11.9 Å². The maximum Gasteiger partial charge on any atom is 0.337 e. The minimum absolute atomic E-state index is 0.0657. The van der Waals surface area contributed by atoms with Crippen molar-refractivity contribution >= 4 is 17.6 Å². The van der Waals surface area contributed by atoms with Crippen LogP contribution in [0.25, 0.3) is 0 Å². The van der Waals surface area contributed by atoms with Crippen LogP contribution in [0.15, 0.2) is 18.2 Å². The molecular formula is C10H11NO4. The highest BCUT2D eigenvalue weighted by Gasteiger charge is 2.12. The normalized spacial score (nSPS) is 9.67. The monoisotopic (exact) mass is 209 g/mol. The van der Waals surface area contributed by atoms with Crippen molar-refractivity contribution in [1.82, 2.24) is 0 Å². The molecule has 0 aromatic heterocycles. The molecule has 0 aliphatic carbocycles. The highest BCUT2D eigenvalue weighted by Crippen LogP contribution is 2.17. The first kappa shape index (κ1) is 11.0. The topological polar surface area (TPSA) is 86.6 Å². The van der Waals surface area contributed by atoms with Crippen molar-refractivity contribution in [3.05, 3.63) is 29.3 Å². The Morgan fingerprint density at radius 2 is 1.93 bits per heavy atom. The van der Waals surface area contributed by atoms with E-state index in [1.54, 1.807) is 6.92 Å². The molecule has 0 fully saturated rings. The first-order chi connectivity index (χ1) is 7.06. The summed E-state index contributed by atoms with van der Waals surface area (Å²) in [7, 11) is 0. The van der Waals surface area contributed by atoms with Gasteiger partial charge in [-0.1, -0.05) is 0 Å². The van der Waals surface area contributed by atoms with Gasteiger partial charge in [0.2, 0.25) is 0 Å². The molecule has 1 aromatic carbocycles. The average molecular weight is 209 g/mol. The molecule has 1 rings (SSSR count). The fourth-order valence-electron chi connectivity index (χ4n) is 1.20. The molecule has 0 bridgehead atoms. The van der Waals surface area contributed by atoms with Crippen molar-refractivity contribution in [3.8, 4) is 0 Å². The van der Waals surface area contributed by atoms with Crippen LogP contribution >= 0.6 is 0 Å². The minimum Gasteiger partial charge on any atom is -0.478 e. The molecule has 0 saturated heterocycles. The van der Waals surface area contributed by atoms with Crippen LogP contribution in [0.3, 0.4) is 0 Å². The lowest BCUT2D eigenvalue weighted by atomic mass is 10.1. The summed E-state index contributed by atoms with van der Waals surface area (Å²) in [6, 6.07) is 3.87. The number of hydrogen-bond donors (Lipinski definition) is 3. The van der Waals surface area contributed by atoms with Gasteiger partial charge in [0.15, 0.2) is 0 Å². The molecule has 15 heavy (non-hydrogen) atoms. The summed E-state index contributed by atoms with van der Waals surface area (Å²) in [6.07, 6.45) is 0. The van der Waals surface area contributed by atoms with Gasteiger partial charge in [-0.25, -0.2) is 9.59 Å². The Balaban J connectivity index is 3.20. The van der Waals surface area contributed by atoms with Crippen LogP contribution in [0, 0.1) is 0 Å². The molecule has 0 aliphatic rings. The van der Waals surface area contributed by atoms with Crippen molar-refractivity contribution in [3.63, 3.8) is 0 Å². The third-order valence-electron chi connectivity index (χ3n) is 1.86. The van der Waals surface area contributed by atoms with E-state index in [1.165, 1.54) is 18.2 Å². The van der Waals surface area contributed by atoms with Crippen molar-refractivity contribution in [1.29, 1.82) is 0 Å². The highest BCUT2D eigenvalue weighted by atomic mass is 16.4. The van der Waals surface area contributed by atoms with Gasteiger partial charge in [-0.3, -0.25) is 0 Å². The summed E-state index contributed by atoms with van der Waals surface area (Å²) >= 11 is 0. The maximum atomic E-state index is 10.8. The second-order valence-electron chi connectivity index (χ2n) is 2.90. The van der Waals surface area contributed by atoms with E-state index in [4.69, 9.17) is 10.2 Å². The SMILES string of the molecule is CCNc1cc(C(=O)O)ccc1C(=O)O. The lowest BCUT2D eigenvalue weighted by Gasteiger charge is -2.08. The number of carboxylic acid groups (broad SMARTS) is 2. The maximum absolute atomic E-state index is 10.8. The molecule has 0 heterocycles. The lowest BCUT2D eigenvalue weighted by Crippen LogP contribution is -2.07. The second kappa shape index (κ2) is 4.45. The minimum atomic E-state index is -1.08. The summed E-state index contributed by atoms with van der Waals surface area (Å²) in [5, 5.41) is 20.4. The van der Waals surface area contributed by atoms with E-state index in [0.29, 0.717) is 12.2 Å². The molecule has 3 N–H and O–H groups in total. The van der Waals surface area contributed by atoms with E-state index in [2.05, 4.69) is 5.32 Å². The zero-order valence-corrected chi connectivity index (χ0v) is 8.15. The van der Waals surface area contributed by atoms with Gasteiger partial charge in [0.05, 0.1) is 11.1 Å². The van der Waals surface area contributed by atoms with E-state index < -0.39 is 11.9 Å². The van der Waals surface area contributed by atoms with Gasteiger partial charge >= 0.3 is 11.9 Å². The molecule has 0 radical (unpaired) electrons. The Hall–Kier alpha value is -2.04. The number of carbonyl (C=O) groups is 2. The molecule has 0 unspecified atom stereocenters. The van der Waals surface area contributed by atoms with Gasteiger partial charge in [-0.15, -0.1) is 0 Å². The van der Waals surface area contributed by atoms with Crippen LogP contribution in [-0.2, 0) is 0 Å². The molecule has 5 nitrogen and oxygen atoms in total. The van der Waals surface area contributed by atoms with E-state index >= 15 is 0 Å². The molecule has 0 amide bonds. The Bertz CT molecular complexity index is 400. The summed E-state index contributed by atoms with van der Waals surface area (Å²) < 4.78 is 0. The predicted octanol–water partition coefficient (Wildman–Crippen LogP) is 1.51. The third kappa shape index (κ3) is 2.46. The second-order valence-corrected chi connectivity index (χ2v) is 2.90. The Morgan fingerprint density at radius 3 is 2.40 bits per heavy atom. The molecule has 5 heteroatoms. The quantitative estimate of drug-likeness (QED) is 0.699. The molecule has 0 spiro atoms. The Labute approximate surface area is 86.4 Å². The van der Waals surface area contributed by atoms with Gasteiger partial charge in [-0.2, -0.15) is 0 Å². The molecule has 1 aromatic rings. The third-order valence-corrected chi connectivity index (χ3v) is 1.86. The first-order valence-electron chi connectivity index (χ1n) is 4.40. The average Bonchev–Trinajstić information content (AvgIpc) is 2.17. The number of hydrogen-bond acceptors (Lipinski definition) is 3. The van der Waals surface area contributed by atoms with Gasteiger partial charge in [0.25, 0.3) is 0 Å². The lowest BCUT2D eigenvalue weighted by molar-refractivity contribution is 0.0682. The van der Waals surface area contributed by atoms with E-state index in [9.17, 15) is 9.59 Å². The van der Waals surface area contributed by atoms with Crippen molar-refractivity contribution in [2.45, 2.75) is 6.92 Å². The number of carboxylic acids is 2. The van der Waals surface area contributed by atoms with Crippen LogP contribution in [0.2, 0.25) is 0 Å². The van der Waals surface area contributed by atoms with E-state index in [0.717, 1.165) is 0 Å². The number of anilines is 1. The zero-order chi connectivity index (χ0) is 11.4. The smallest absolute Gasteiger partial charge is 0.337 e. The van der Waals surface area contributed by atoms with E-state index in [-0.39, 0.29) is 11.1 Å². The summed E-state index contributed by atoms with van der Waals surface area (Å²) in [4.78, 5) is 21.5. The number of benzene rings is 1. The van der Waals surface area contributed by atoms with Crippen LogP contribution in [0.5, 0.6) is 0 Å². The Morgan fingerprint density at radius 1 is 1.27 bits per heavy atom. The van der Waals surface area contributed by atoms with Crippen LogP contribution in [0.4, 0.5) is 5.69 Å². The van der Waals surface area contributed by atoms with Crippen molar-refractivity contribution < 1.29 is 19.8 Å². The zero-order valence-electron chi connectivity index (χ0n) is 8.15. The fraction of sp³-hybridized carbons (Fsp3) is 0.200. The number of nitrogens with one attached hydrogen (secondary N) is 1. The largest absolute Gasteiger partial charge is 0.478 e. The van der Waals surface area contributed by atoms with Gasteiger partial charge in [-0.05, 0) is 25.1 Å². The summed E-state index contributed by atoms with van der Waals surface area (Å²) in [5.41, 5.74) is 0.461. The summed E-state index contributed by atoms with van der Waals surface area (Å²) in [6.45, 7) is 2.34. The number of aromatic carboxylic acids is 2. The van der Waals surface area contributed by atoms with Crippen molar-refractivity contribution in [2.24, 2.45) is 0 Å². The van der Waals surface area contributed by atoms with Crippen LogP contribution in [-0.4, -0.2) is 28.7 Å². The summed E-state index contributed by atoms with van der Waals surface area (Å²) in [5.74, 6) is -2.16. The predicted molar refractivity (Wildman–Crippen MR) is 54.5 cm³/mol. The first-order valence-corrected chi connectivity index (χ1v) is 4.40. The number of rotatable bonds is 4.